The summed E-state index contributed by atoms with van der Waals surface area (Å²) >= 11 is 0. The summed E-state index contributed by atoms with van der Waals surface area (Å²) in [6, 6.07) is 16.1. The molecule has 1 saturated carbocycles. The minimum atomic E-state index is -0.112. The normalized spacial score (nSPS) is 14.7. The molecule has 1 aliphatic rings. The van der Waals surface area contributed by atoms with Gasteiger partial charge in [0.05, 0.1) is 11.3 Å². The molecule has 3 N–H and O–H groups in total. The van der Waals surface area contributed by atoms with Crippen LogP contribution >= 0.6 is 0 Å². The molecule has 4 rings (SSSR count). The highest BCUT2D eigenvalue weighted by molar-refractivity contribution is 6.00. The van der Waals surface area contributed by atoms with Crippen LogP contribution in [0.15, 0.2) is 54.7 Å². The van der Waals surface area contributed by atoms with Gasteiger partial charge >= 0.3 is 0 Å². The first-order valence-electron chi connectivity index (χ1n) is 9.80. The Bertz CT molecular complexity index is 989. The second-order valence-corrected chi connectivity index (χ2v) is 7.64. The average Bonchev–Trinajstić information content (AvgIpc) is 3.45. The molecule has 0 spiro atoms. The van der Waals surface area contributed by atoms with Crippen molar-refractivity contribution in [3.8, 4) is 16.9 Å². The number of aryl methyl sites for hydroxylation is 2. The van der Waals surface area contributed by atoms with Crippen LogP contribution in [0, 0.1) is 19.8 Å². The van der Waals surface area contributed by atoms with Gasteiger partial charge in [0, 0.05) is 24.3 Å². The van der Waals surface area contributed by atoms with Gasteiger partial charge < -0.3 is 11.1 Å². The number of carbonyl (C=O) groups excluding carboxylic acids is 1. The Hall–Kier alpha value is -2.92. The molecular formula is C23H26N4O. The molecule has 3 aromatic rings. The van der Waals surface area contributed by atoms with E-state index in [0.29, 0.717) is 23.7 Å². The van der Waals surface area contributed by atoms with E-state index >= 15 is 0 Å². The quantitative estimate of drug-likeness (QED) is 0.692. The van der Waals surface area contributed by atoms with Crippen LogP contribution in [0.25, 0.3) is 16.9 Å². The van der Waals surface area contributed by atoms with Crippen LogP contribution in [0.3, 0.4) is 0 Å². The lowest BCUT2D eigenvalue weighted by Crippen LogP contribution is -2.41. The Morgan fingerprint density at radius 2 is 1.96 bits per heavy atom. The van der Waals surface area contributed by atoms with E-state index in [4.69, 9.17) is 10.8 Å². The molecule has 1 fully saturated rings. The third kappa shape index (κ3) is 3.71. The maximum atomic E-state index is 13.1. The maximum Gasteiger partial charge on any atom is 0.255 e. The van der Waals surface area contributed by atoms with Gasteiger partial charge in [-0.15, -0.1) is 0 Å². The lowest BCUT2D eigenvalue weighted by Gasteiger charge is -2.16. The second-order valence-electron chi connectivity index (χ2n) is 7.64. The first kappa shape index (κ1) is 18.4. The average molecular weight is 374 g/mol. The highest BCUT2D eigenvalue weighted by atomic mass is 16.1. The lowest BCUT2D eigenvalue weighted by atomic mass is 10.00. The van der Waals surface area contributed by atoms with Crippen LogP contribution in [-0.2, 0) is 0 Å². The number of aromatic nitrogens is 2. The molecule has 0 aliphatic heterocycles. The van der Waals surface area contributed by atoms with Gasteiger partial charge in [-0.3, -0.25) is 4.79 Å². The van der Waals surface area contributed by atoms with Gasteiger partial charge in [-0.05, 0) is 50.3 Å². The largest absolute Gasteiger partial charge is 0.348 e. The van der Waals surface area contributed by atoms with Crippen LogP contribution in [0.4, 0.5) is 0 Å². The Morgan fingerprint density at radius 3 is 2.61 bits per heavy atom. The molecule has 1 heterocycles. The second kappa shape index (κ2) is 7.60. The zero-order valence-corrected chi connectivity index (χ0v) is 16.4. The van der Waals surface area contributed by atoms with Crippen molar-refractivity contribution in [2.75, 3.05) is 6.54 Å². The third-order valence-electron chi connectivity index (χ3n) is 5.38. The number of hydrogen-bond donors (Lipinski definition) is 2. The summed E-state index contributed by atoms with van der Waals surface area (Å²) < 4.78 is 1.78. The van der Waals surface area contributed by atoms with Gasteiger partial charge in [-0.1, -0.05) is 42.0 Å². The lowest BCUT2D eigenvalue weighted by molar-refractivity contribution is 0.0934. The molecule has 5 heteroatoms. The molecule has 5 nitrogen and oxygen atoms in total. The van der Waals surface area contributed by atoms with E-state index in [1.165, 1.54) is 5.56 Å². The molecule has 1 aliphatic carbocycles. The fraction of sp³-hybridized carbons (Fsp3) is 0.304. The van der Waals surface area contributed by atoms with Gasteiger partial charge in [-0.25, -0.2) is 4.68 Å². The first-order valence-corrected chi connectivity index (χ1v) is 9.80. The molecule has 1 amide bonds. The summed E-state index contributed by atoms with van der Waals surface area (Å²) in [5.74, 6) is 0.391. The van der Waals surface area contributed by atoms with Crippen molar-refractivity contribution in [1.82, 2.24) is 15.1 Å². The number of rotatable bonds is 6. The first-order chi connectivity index (χ1) is 13.6. The molecule has 1 aromatic heterocycles. The molecular weight excluding hydrogens is 348 g/mol. The molecule has 0 bridgehead atoms. The summed E-state index contributed by atoms with van der Waals surface area (Å²) in [6.07, 6.45) is 4.09. The summed E-state index contributed by atoms with van der Waals surface area (Å²) in [5, 5.41) is 7.91. The van der Waals surface area contributed by atoms with E-state index in [0.717, 1.165) is 29.7 Å². The number of benzene rings is 2. The number of hydrogen-bond acceptors (Lipinski definition) is 3. The Labute approximate surface area is 165 Å². The summed E-state index contributed by atoms with van der Waals surface area (Å²) in [7, 11) is 0. The summed E-state index contributed by atoms with van der Waals surface area (Å²) in [4.78, 5) is 13.1. The fourth-order valence-corrected chi connectivity index (χ4v) is 3.65. The molecule has 28 heavy (non-hydrogen) atoms. The zero-order chi connectivity index (χ0) is 19.7. The Balaban J connectivity index is 1.76. The van der Waals surface area contributed by atoms with Gasteiger partial charge in [-0.2, -0.15) is 5.10 Å². The molecule has 1 unspecified atom stereocenters. The maximum absolute atomic E-state index is 13.1. The fourth-order valence-electron chi connectivity index (χ4n) is 3.65. The minimum Gasteiger partial charge on any atom is -0.348 e. The highest BCUT2D eigenvalue weighted by Gasteiger charge is 2.32. The van der Waals surface area contributed by atoms with E-state index in [-0.39, 0.29) is 11.9 Å². The van der Waals surface area contributed by atoms with Crippen molar-refractivity contribution in [3.05, 3.63) is 71.4 Å². The van der Waals surface area contributed by atoms with Crippen LogP contribution in [0.5, 0.6) is 0 Å². The monoisotopic (exact) mass is 374 g/mol. The van der Waals surface area contributed by atoms with Crippen molar-refractivity contribution >= 4 is 5.91 Å². The molecule has 144 valence electrons. The number of nitrogens with two attached hydrogens (primary N) is 1. The topological polar surface area (TPSA) is 72.9 Å². The van der Waals surface area contributed by atoms with Crippen LogP contribution in [0.1, 0.15) is 34.3 Å². The van der Waals surface area contributed by atoms with Gasteiger partial charge in [0.25, 0.3) is 5.91 Å². The Morgan fingerprint density at radius 1 is 1.21 bits per heavy atom. The Kier molecular flexibility index (Phi) is 5.01. The minimum absolute atomic E-state index is 0.0274. The van der Waals surface area contributed by atoms with Crippen molar-refractivity contribution < 1.29 is 4.79 Å². The summed E-state index contributed by atoms with van der Waals surface area (Å²) in [5.41, 5.74) is 11.4. The van der Waals surface area contributed by atoms with E-state index in [1.54, 1.807) is 4.68 Å². The van der Waals surface area contributed by atoms with Gasteiger partial charge in [0.1, 0.15) is 5.69 Å². The number of amides is 1. The number of nitrogens with one attached hydrogen (secondary N) is 1. The molecule has 2 aromatic carbocycles. The number of carbonyl (C=O) groups is 1. The van der Waals surface area contributed by atoms with Crippen LogP contribution in [-0.4, -0.2) is 28.3 Å². The SMILES string of the molecule is Cc1ccc(-c2nn(-c3ccccc3)cc2C(=O)NC(CN)C2CC2)c(C)c1. The van der Waals surface area contributed by atoms with E-state index < -0.39 is 0 Å². The number of para-hydroxylation sites is 1. The van der Waals surface area contributed by atoms with Gasteiger partial charge in [0.15, 0.2) is 0 Å². The summed E-state index contributed by atoms with van der Waals surface area (Å²) in [6.45, 7) is 4.58. The van der Waals surface area contributed by atoms with E-state index in [9.17, 15) is 4.79 Å². The smallest absolute Gasteiger partial charge is 0.255 e. The van der Waals surface area contributed by atoms with Crippen LogP contribution in [0.2, 0.25) is 0 Å². The third-order valence-corrected chi connectivity index (χ3v) is 5.38. The predicted molar refractivity (Wildman–Crippen MR) is 112 cm³/mol. The van der Waals surface area contributed by atoms with Crippen molar-refractivity contribution in [2.45, 2.75) is 32.7 Å². The number of nitrogens with zero attached hydrogens (tertiary/aromatic N) is 2. The van der Waals surface area contributed by atoms with Crippen molar-refractivity contribution in [2.24, 2.45) is 11.7 Å². The van der Waals surface area contributed by atoms with Crippen molar-refractivity contribution in [3.63, 3.8) is 0 Å². The highest BCUT2D eigenvalue weighted by Crippen LogP contribution is 2.33. The predicted octanol–water partition coefficient (Wildman–Crippen LogP) is 3.62. The van der Waals surface area contributed by atoms with Crippen molar-refractivity contribution in [1.29, 1.82) is 0 Å². The van der Waals surface area contributed by atoms with E-state index in [2.05, 4.69) is 31.3 Å². The van der Waals surface area contributed by atoms with E-state index in [1.807, 2.05) is 42.6 Å². The standard InChI is InChI=1S/C23H26N4O/c1-15-8-11-19(16(2)12-15)22-20(23(28)25-21(13-24)17-9-10-17)14-27(26-22)18-6-4-3-5-7-18/h3-8,11-12,14,17,21H,9-10,13,24H2,1-2H3,(H,25,28). The molecule has 0 saturated heterocycles. The van der Waals surface area contributed by atoms with Crippen LogP contribution < -0.4 is 11.1 Å². The van der Waals surface area contributed by atoms with Gasteiger partial charge in [0.2, 0.25) is 0 Å². The molecule has 0 radical (unpaired) electrons. The molecule has 1 atom stereocenters. The zero-order valence-electron chi connectivity index (χ0n) is 16.4.